The van der Waals surface area contributed by atoms with Crippen LogP contribution in [0.4, 0.5) is 11.6 Å². The zero-order valence-corrected chi connectivity index (χ0v) is 18.3. The van der Waals surface area contributed by atoms with E-state index < -0.39 is 0 Å². The van der Waals surface area contributed by atoms with Crippen LogP contribution < -0.4 is 10.1 Å². The van der Waals surface area contributed by atoms with E-state index in [1.54, 1.807) is 23.3 Å². The minimum Gasteiger partial charge on any atom is -0.489 e. The van der Waals surface area contributed by atoms with E-state index in [0.717, 1.165) is 29.7 Å². The molecule has 1 N–H and O–H groups in total. The number of nitrogens with zero attached hydrogens (tertiary/aromatic N) is 7. The van der Waals surface area contributed by atoms with Gasteiger partial charge >= 0.3 is 0 Å². The van der Waals surface area contributed by atoms with Gasteiger partial charge in [-0.2, -0.15) is 5.26 Å². The summed E-state index contributed by atoms with van der Waals surface area (Å²) >= 11 is 0. The van der Waals surface area contributed by atoms with E-state index in [4.69, 9.17) is 9.47 Å². The van der Waals surface area contributed by atoms with Crippen molar-refractivity contribution in [2.45, 2.75) is 25.5 Å². The molecule has 0 radical (unpaired) electrons. The molecule has 1 saturated heterocycles. The maximum absolute atomic E-state index is 9.66. The summed E-state index contributed by atoms with van der Waals surface area (Å²) in [5.41, 5.74) is 3.94. The molecule has 34 heavy (non-hydrogen) atoms. The third kappa shape index (κ3) is 5.16. The van der Waals surface area contributed by atoms with Gasteiger partial charge in [0, 0.05) is 30.3 Å². The first-order valence-corrected chi connectivity index (χ1v) is 11.0. The van der Waals surface area contributed by atoms with E-state index in [1.807, 2.05) is 42.5 Å². The maximum atomic E-state index is 9.66. The number of tetrazole rings is 1. The molecule has 0 bridgehead atoms. The second-order valence-electron chi connectivity index (χ2n) is 7.85. The van der Waals surface area contributed by atoms with Gasteiger partial charge in [-0.05, 0) is 52.4 Å². The molecular formula is C24H22N8O2. The Morgan fingerprint density at radius 2 is 1.97 bits per heavy atom. The lowest BCUT2D eigenvalue weighted by atomic mass is 10.1. The van der Waals surface area contributed by atoms with Gasteiger partial charge in [-0.3, -0.25) is 0 Å². The molecule has 2 aromatic carbocycles. The number of hydrogen-bond donors (Lipinski definition) is 1. The van der Waals surface area contributed by atoms with Crippen LogP contribution in [0.15, 0.2) is 61.1 Å². The van der Waals surface area contributed by atoms with Crippen LogP contribution in [0.5, 0.6) is 5.75 Å². The van der Waals surface area contributed by atoms with Gasteiger partial charge in [0.2, 0.25) is 5.95 Å². The molecule has 10 heteroatoms. The number of rotatable bonds is 7. The van der Waals surface area contributed by atoms with Crippen molar-refractivity contribution in [1.82, 2.24) is 30.2 Å². The molecule has 1 aliphatic heterocycles. The van der Waals surface area contributed by atoms with Gasteiger partial charge in [0.1, 0.15) is 24.3 Å². The second-order valence-corrected chi connectivity index (χ2v) is 7.85. The summed E-state index contributed by atoms with van der Waals surface area (Å²) in [5, 5.41) is 24.0. The van der Waals surface area contributed by atoms with Crippen LogP contribution in [0, 0.1) is 11.3 Å². The Morgan fingerprint density at radius 3 is 2.74 bits per heavy atom. The zero-order chi connectivity index (χ0) is 23.2. The fourth-order valence-corrected chi connectivity index (χ4v) is 3.69. The van der Waals surface area contributed by atoms with E-state index in [-0.39, 0.29) is 6.10 Å². The summed E-state index contributed by atoms with van der Waals surface area (Å²) < 4.78 is 13.1. The summed E-state index contributed by atoms with van der Waals surface area (Å²) in [6.07, 6.45) is 4.99. The molecule has 10 nitrogen and oxygen atoms in total. The highest BCUT2D eigenvalue weighted by atomic mass is 16.5. The van der Waals surface area contributed by atoms with Crippen LogP contribution in [0.2, 0.25) is 0 Å². The quantitative estimate of drug-likeness (QED) is 0.448. The summed E-state index contributed by atoms with van der Waals surface area (Å²) in [6, 6.07) is 17.5. The van der Waals surface area contributed by atoms with Crippen molar-refractivity contribution in [2.75, 3.05) is 18.5 Å². The van der Waals surface area contributed by atoms with Gasteiger partial charge in [0.25, 0.3) is 0 Å². The second kappa shape index (κ2) is 10.1. The molecule has 4 aromatic rings. The summed E-state index contributed by atoms with van der Waals surface area (Å²) in [7, 11) is 0. The van der Waals surface area contributed by atoms with E-state index >= 15 is 0 Å². The van der Waals surface area contributed by atoms with Gasteiger partial charge in [-0.25, -0.2) is 14.6 Å². The number of hydrogen-bond acceptors (Lipinski definition) is 9. The monoisotopic (exact) mass is 454 g/mol. The Kier molecular flexibility index (Phi) is 6.36. The molecule has 0 spiro atoms. The Labute approximate surface area is 196 Å². The lowest BCUT2D eigenvalue weighted by Crippen LogP contribution is -2.26. The average molecular weight is 454 g/mol. The SMILES string of the molecule is N#Cc1cc(-c2ccnc(Nc3ccc(Cn4cnnn4)cc3)n2)ccc1OC1CCOCC1. The molecular weight excluding hydrogens is 432 g/mol. The van der Waals surface area contributed by atoms with Crippen molar-refractivity contribution < 1.29 is 9.47 Å². The van der Waals surface area contributed by atoms with E-state index in [1.165, 1.54) is 0 Å². The molecule has 0 atom stereocenters. The van der Waals surface area contributed by atoms with Crippen molar-refractivity contribution in [3.05, 3.63) is 72.2 Å². The highest BCUT2D eigenvalue weighted by Gasteiger charge is 2.17. The molecule has 1 fully saturated rings. The molecule has 5 rings (SSSR count). The summed E-state index contributed by atoms with van der Waals surface area (Å²) in [4.78, 5) is 8.95. The van der Waals surface area contributed by atoms with Crippen LogP contribution in [0.1, 0.15) is 24.0 Å². The molecule has 3 heterocycles. The standard InChI is InChI=1S/C24H22N8O2/c25-14-19-13-18(3-6-23(19)34-21-8-11-33-12-9-21)22-7-10-26-24(29-22)28-20-4-1-17(2-5-20)15-32-16-27-30-31-32/h1-7,10,13,16,21H,8-9,11-12,15H2,(H,26,28,29). The lowest BCUT2D eigenvalue weighted by Gasteiger charge is -2.23. The van der Waals surface area contributed by atoms with Crippen LogP contribution in [0.25, 0.3) is 11.3 Å². The van der Waals surface area contributed by atoms with Crippen molar-refractivity contribution >= 4 is 11.6 Å². The third-order valence-electron chi connectivity index (χ3n) is 5.46. The summed E-state index contributed by atoms with van der Waals surface area (Å²) in [6.45, 7) is 1.96. The Hall–Kier alpha value is -4.36. The first-order chi connectivity index (χ1) is 16.8. The summed E-state index contributed by atoms with van der Waals surface area (Å²) in [5.74, 6) is 1.05. The highest BCUT2D eigenvalue weighted by Crippen LogP contribution is 2.28. The minimum absolute atomic E-state index is 0.0702. The molecule has 2 aromatic heterocycles. The predicted molar refractivity (Wildman–Crippen MR) is 123 cm³/mol. The smallest absolute Gasteiger partial charge is 0.227 e. The Morgan fingerprint density at radius 1 is 1.12 bits per heavy atom. The number of aromatic nitrogens is 6. The number of nitrogens with one attached hydrogen (secondary N) is 1. The predicted octanol–water partition coefficient (Wildman–Crippen LogP) is 3.35. The maximum Gasteiger partial charge on any atom is 0.227 e. The first kappa shape index (κ1) is 21.5. The van der Waals surface area contributed by atoms with E-state index in [0.29, 0.717) is 42.7 Å². The zero-order valence-electron chi connectivity index (χ0n) is 18.3. The van der Waals surface area contributed by atoms with Crippen LogP contribution in [-0.2, 0) is 11.3 Å². The fraction of sp³-hybridized carbons (Fsp3) is 0.250. The lowest BCUT2D eigenvalue weighted by molar-refractivity contribution is 0.0254. The number of ether oxygens (including phenoxy) is 2. The number of benzene rings is 2. The van der Waals surface area contributed by atoms with Crippen LogP contribution in [0.3, 0.4) is 0 Å². The van der Waals surface area contributed by atoms with Gasteiger partial charge < -0.3 is 14.8 Å². The molecule has 0 amide bonds. The van der Waals surface area contributed by atoms with Gasteiger partial charge in [-0.15, -0.1) is 5.10 Å². The fourth-order valence-electron chi connectivity index (χ4n) is 3.69. The Bertz CT molecular complexity index is 1280. The van der Waals surface area contributed by atoms with Crippen LogP contribution in [-0.4, -0.2) is 49.5 Å². The number of nitriles is 1. The van der Waals surface area contributed by atoms with Gasteiger partial charge in [0.15, 0.2) is 0 Å². The van der Waals surface area contributed by atoms with Crippen LogP contribution >= 0.6 is 0 Å². The molecule has 1 aliphatic rings. The third-order valence-corrected chi connectivity index (χ3v) is 5.46. The molecule has 170 valence electrons. The molecule has 0 unspecified atom stereocenters. The molecule has 0 saturated carbocycles. The Balaban J connectivity index is 1.29. The van der Waals surface area contributed by atoms with Crippen molar-refractivity contribution in [2.24, 2.45) is 0 Å². The number of anilines is 2. The topological polar surface area (TPSA) is 124 Å². The normalized spacial score (nSPS) is 13.9. The minimum atomic E-state index is 0.0702. The molecule has 0 aliphatic carbocycles. The van der Waals surface area contributed by atoms with Crippen molar-refractivity contribution in [3.8, 4) is 23.1 Å². The first-order valence-electron chi connectivity index (χ1n) is 11.0. The van der Waals surface area contributed by atoms with Gasteiger partial charge in [-0.1, -0.05) is 12.1 Å². The largest absolute Gasteiger partial charge is 0.489 e. The van der Waals surface area contributed by atoms with Gasteiger partial charge in [0.05, 0.1) is 31.0 Å². The van der Waals surface area contributed by atoms with E-state index in [9.17, 15) is 5.26 Å². The van der Waals surface area contributed by atoms with E-state index in [2.05, 4.69) is 36.9 Å². The highest BCUT2D eigenvalue weighted by molar-refractivity contribution is 5.65. The van der Waals surface area contributed by atoms with Crippen molar-refractivity contribution in [1.29, 1.82) is 5.26 Å². The van der Waals surface area contributed by atoms with Crippen molar-refractivity contribution in [3.63, 3.8) is 0 Å². The average Bonchev–Trinajstić information content (AvgIpc) is 3.39.